The van der Waals surface area contributed by atoms with E-state index in [4.69, 9.17) is 16.3 Å². The first kappa shape index (κ1) is 17.2. The van der Waals surface area contributed by atoms with E-state index >= 15 is 0 Å². The minimum atomic E-state index is -3.62. The van der Waals surface area contributed by atoms with Crippen LogP contribution in [0.1, 0.15) is 19.3 Å². The van der Waals surface area contributed by atoms with Crippen LogP contribution in [0.5, 0.6) is 0 Å². The molecule has 1 atom stereocenters. The van der Waals surface area contributed by atoms with E-state index in [2.05, 4.69) is 10.0 Å². The molecular formula is C14H19ClN2O4S. The Morgan fingerprint density at radius 3 is 2.68 bits per heavy atom. The van der Waals surface area contributed by atoms with E-state index in [9.17, 15) is 13.2 Å². The van der Waals surface area contributed by atoms with Crippen molar-refractivity contribution in [1.29, 1.82) is 0 Å². The molecule has 0 unspecified atom stereocenters. The van der Waals surface area contributed by atoms with Crippen LogP contribution in [-0.4, -0.2) is 40.1 Å². The number of amides is 1. The quantitative estimate of drug-likeness (QED) is 0.779. The summed E-state index contributed by atoms with van der Waals surface area (Å²) < 4.78 is 31.8. The number of rotatable bonds is 7. The fraction of sp³-hybridized carbons (Fsp3) is 0.500. The van der Waals surface area contributed by atoms with Crippen molar-refractivity contribution in [2.75, 3.05) is 19.7 Å². The van der Waals surface area contributed by atoms with Crippen molar-refractivity contribution in [3.8, 4) is 0 Å². The Kier molecular flexibility index (Phi) is 6.19. The lowest BCUT2D eigenvalue weighted by Gasteiger charge is -2.11. The van der Waals surface area contributed by atoms with Crippen LogP contribution < -0.4 is 10.0 Å². The van der Waals surface area contributed by atoms with E-state index in [0.717, 1.165) is 19.4 Å². The number of carbonyl (C=O) groups is 1. The van der Waals surface area contributed by atoms with Gasteiger partial charge in [-0.05, 0) is 37.1 Å². The Labute approximate surface area is 135 Å². The van der Waals surface area contributed by atoms with Gasteiger partial charge in [-0.3, -0.25) is 4.79 Å². The lowest BCUT2D eigenvalue weighted by Crippen LogP contribution is -2.34. The summed E-state index contributed by atoms with van der Waals surface area (Å²) >= 11 is 5.72. The molecule has 6 nitrogen and oxygen atoms in total. The molecule has 1 aromatic carbocycles. The van der Waals surface area contributed by atoms with Gasteiger partial charge in [0.25, 0.3) is 0 Å². The Bertz CT molecular complexity index is 598. The fourth-order valence-corrected chi connectivity index (χ4v) is 3.28. The average molecular weight is 347 g/mol. The van der Waals surface area contributed by atoms with Crippen LogP contribution in [-0.2, 0) is 19.6 Å². The van der Waals surface area contributed by atoms with Gasteiger partial charge in [-0.15, -0.1) is 0 Å². The van der Waals surface area contributed by atoms with Crippen LogP contribution in [0, 0.1) is 0 Å². The molecule has 0 saturated carbocycles. The van der Waals surface area contributed by atoms with Crippen LogP contribution in [0.25, 0.3) is 0 Å². The smallest absolute Gasteiger partial charge is 0.240 e. The molecule has 1 aliphatic rings. The molecule has 0 spiro atoms. The minimum absolute atomic E-state index is 0.0440. The summed E-state index contributed by atoms with van der Waals surface area (Å²) in [7, 11) is -3.62. The van der Waals surface area contributed by atoms with Crippen LogP contribution in [0.4, 0.5) is 0 Å². The second-order valence-corrected chi connectivity index (χ2v) is 7.24. The minimum Gasteiger partial charge on any atom is -0.376 e. The maximum Gasteiger partial charge on any atom is 0.240 e. The van der Waals surface area contributed by atoms with E-state index in [-0.39, 0.29) is 29.9 Å². The predicted molar refractivity (Wildman–Crippen MR) is 83.2 cm³/mol. The van der Waals surface area contributed by atoms with Crippen LogP contribution in [0.2, 0.25) is 5.02 Å². The Hall–Kier alpha value is -1.15. The third-order valence-electron chi connectivity index (χ3n) is 3.32. The van der Waals surface area contributed by atoms with Crippen molar-refractivity contribution in [2.45, 2.75) is 30.3 Å². The van der Waals surface area contributed by atoms with Crippen molar-refractivity contribution in [3.05, 3.63) is 29.3 Å². The largest absolute Gasteiger partial charge is 0.376 e. The molecule has 122 valence electrons. The van der Waals surface area contributed by atoms with Crippen molar-refractivity contribution in [3.63, 3.8) is 0 Å². The van der Waals surface area contributed by atoms with Gasteiger partial charge in [-0.25, -0.2) is 13.1 Å². The lowest BCUT2D eigenvalue weighted by atomic mass is 10.2. The number of nitrogens with one attached hydrogen (secondary N) is 2. The highest BCUT2D eigenvalue weighted by Gasteiger charge is 2.17. The van der Waals surface area contributed by atoms with Gasteiger partial charge < -0.3 is 10.1 Å². The molecule has 1 heterocycles. The van der Waals surface area contributed by atoms with E-state index in [1.165, 1.54) is 24.3 Å². The SMILES string of the molecule is O=C(CCNS(=O)(=O)c1ccc(Cl)cc1)NC[C@@H]1CCCO1. The van der Waals surface area contributed by atoms with E-state index < -0.39 is 10.0 Å². The highest BCUT2D eigenvalue weighted by molar-refractivity contribution is 7.89. The Morgan fingerprint density at radius 1 is 1.32 bits per heavy atom. The average Bonchev–Trinajstić information content (AvgIpc) is 2.99. The highest BCUT2D eigenvalue weighted by Crippen LogP contribution is 2.13. The molecule has 2 rings (SSSR count). The van der Waals surface area contributed by atoms with Crippen LogP contribution in [0.3, 0.4) is 0 Å². The van der Waals surface area contributed by atoms with Crippen molar-refractivity contribution < 1.29 is 17.9 Å². The van der Waals surface area contributed by atoms with Gasteiger partial charge in [-0.2, -0.15) is 0 Å². The number of sulfonamides is 1. The zero-order valence-electron chi connectivity index (χ0n) is 12.0. The first-order valence-corrected chi connectivity index (χ1v) is 8.97. The second-order valence-electron chi connectivity index (χ2n) is 5.04. The molecule has 1 saturated heterocycles. The molecule has 1 aromatic rings. The lowest BCUT2D eigenvalue weighted by molar-refractivity contribution is -0.121. The maximum absolute atomic E-state index is 12.0. The summed E-state index contributed by atoms with van der Waals surface area (Å²) in [5.74, 6) is -0.200. The molecular weight excluding hydrogens is 328 g/mol. The fourth-order valence-electron chi connectivity index (χ4n) is 2.12. The third kappa shape index (κ3) is 5.24. The summed E-state index contributed by atoms with van der Waals surface area (Å²) in [6.07, 6.45) is 2.12. The van der Waals surface area contributed by atoms with E-state index in [1.54, 1.807) is 0 Å². The molecule has 1 amide bonds. The van der Waals surface area contributed by atoms with Gasteiger partial charge in [0.05, 0.1) is 11.0 Å². The van der Waals surface area contributed by atoms with Gasteiger partial charge in [0.2, 0.25) is 15.9 Å². The summed E-state index contributed by atoms with van der Waals surface area (Å²) in [6.45, 7) is 1.26. The summed E-state index contributed by atoms with van der Waals surface area (Å²) in [5, 5.41) is 3.21. The molecule has 2 N–H and O–H groups in total. The monoisotopic (exact) mass is 346 g/mol. The normalized spacial score (nSPS) is 18.3. The Morgan fingerprint density at radius 2 is 2.05 bits per heavy atom. The van der Waals surface area contributed by atoms with E-state index in [1.807, 2.05) is 0 Å². The maximum atomic E-state index is 12.0. The third-order valence-corrected chi connectivity index (χ3v) is 5.05. The zero-order valence-corrected chi connectivity index (χ0v) is 13.6. The molecule has 22 heavy (non-hydrogen) atoms. The van der Waals surface area contributed by atoms with E-state index in [0.29, 0.717) is 11.6 Å². The summed E-state index contributed by atoms with van der Waals surface area (Å²) in [6, 6.07) is 5.85. The summed E-state index contributed by atoms with van der Waals surface area (Å²) in [5.41, 5.74) is 0. The molecule has 0 radical (unpaired) electrons. The topological polar surface area (TPSA) is 84.5 Å². The van der Waals surface area contributed by atoms with Crippen LogP contribution in [0.15, 0.2) is 29.2 Å². The number of benzene rings is 1. The molecule has 8 heteroatoms. The number of ether oxygens (including phenoxy) is 1. The van der Waals surface area contributed by atoms with Crippen molar-refractivity contribution in [2.24, 2.45) is 0 Å². The number of hydrogen-bond donors (Lipinski definition) is 2. The van der Waals surface area contributed by atoms with Crippen LogP contribution >= 0.6 is 11.6 Å². The standard InChI is InChI=1S/C14H19ClN2O4S/c15-11-3-5-13(6-4-11)22(19,20)17-8-7-14(18)16-10-12-2-1-9-21-12/h3-6,12,17H,1-2,7-10H2,(H,16,18)/t12-/m0/s1. The van der Waals surface area contributed by atoms with Gasteiger partial charge in [0, 0.05) is 31.1 Å². The van der Waals surface area contributed by atoms with Gasteiger partial charge in [-0.1, -0.05) is 11.6 Å². The predicted octanol–water partition coefficient (Wildman–Crippen LogP) is 1.30. The first-order valence-electron chi connectivity index (χ1n) is 7.11. The van der Waals surface area contributed by atoms with Crippen molar-refractivity contribution >= 4 is 27.5 Å². The number of hydrogen-bond acceptors (Lipinski definition) is 4. The molecule has 1 fully saturated rings. The van der Waals surface area contributed by atoms with Gasteiger partial charge in [0.15, 0.2) is 0 Å². The van der Waals surface area contributed by atoms with Gasteiger partial charge >= 0.3 is 0 Å². The second kappa shape index (κ2) is 7.92. The first-order chi connectivity index (χ1) is 10.5. The zero-order chi connectivity index (χ0) is 16.0. The van der Waals surface area contributed by atoms with Crippen molar-refractivity contribution in [1.82, 2.24) is 10.0 Å². The molecule has 0 aliphatic carbocycles. The molecule has 1 aliphatic heterocycles. The Balaban J connectivity index is 1.72. The number of carbonyl (C=O) groups excluding carboxylic acids is 1. The number of halogens is 1. The highest BCUT2D eigenvalue weighted by atomic mass is 35.5. The van der Waals surface area contributed by atoms with Gasteiger partial charge in [0.1, 0.15) is 0 Å². The molecule has 0 aromatic heterocycles. The summed E-state index contributed by atoms with van der Waals surface area (Å²) in [4.78, 5) is 11.8. The molecule has 0 bridgehead atoms.